The summed E-state index contributed by atoms with van der Waals surface area (Å²) >= 11 is 0. The molecule has 2 aliphatic rings. The quantitative estimate of drug-likeness (QED) is 0.531. The van der Waals surface area contributed by atoms with Gasteiger partial charge >= 0.3 is 11.9 Å². The summed E-state index contributed by atoms with van der Waals surface area (Å²) in [5.41, 5.74) is 0.542. The first-order valence-electron chi connectivity index (χ1n) is 9.24. The van der Waals surface area contributed by atoms with Gasteiger partial charge in [-0.15, -0.1) is 0 Å². The number of carbonyl (C=O) groups excluding carboxylic acids is 2. The van der Waals surface area contributed by atoms with E-state index >= 15 is 0 Å². The van der Waals surface area contributed by atoms with Gasteiger partial charge in [-0.3, -0.25) is 4.79 Å². The van der Waals surface area contributed by atoms with Crippen molar-refractivity contribution in [2.24, 2.45) is 17.8 Å². The summed E-state index contributed by atoms with van der Waals surface area (Å²) in [7, 11) is 0. The molecule has 0 N–H and O–H groups in total. The molecule has 0 radical (unpaired) electrons. The molecular weight excluding hydrogens is 320 g/mol. The third-order valence-electron chi connectivity index (χ3n) is 5.08. The Morgan fingerprint density at radius 3 is 2.32 bits per heavy atom. The average molecular weight is 346 g/mol. The van der Waals surface area contributed by atoms with Crippen LogP contribution in [0.2, 0.25) is 0 Å². The summed E-state index contributed by atoms with van der Waals surface area (Å²) < 4.78 is 16.3. The number of hydrogen-bond donors (Lipinski definition) is 0. The SMILES string of the molecule is CCCCOC(=O)c1ccc(OC2CC3C(C2)C3C(=O)OCC)cc1. The Kier molecular flexibility index (Phi) is 5.61. The van der Waals surface area contributed by atoms with Crippen molar-refractivity contribution in [2.75, 3.05) is 13.2 Å². The van der Waals surface area contributed by atoms with Crippen LogP contribution in [-0.2, 0) is 14.3 Å². The Morgan fingerprint density at radius 2 is 1.72 bits per heavy atom. The summed E-state index contributed by atoms with van der Waals surface area (Å²) in [5, 5.41) is 0. The zero-order chi connectivity index (χ0) is 17.8. The highest BCUT2D eigenvalue weighted by molar-refractivity contribution is 5.89. The Hall–Kier alpha value is -2.04. The van der Waals surface area contributed by atoms with Gasteiger partial charge in [0.2, 0.25) is 0 Å². The Bertz CT molecular complexity index is 597. The number of rotatable bonds is 8. The van der Waals surface area contributed by atoms with Crippen molar-refractivity contribution >= 4 is 11.9 Å². The van der Waals surface area contributed by atoms with Crippen LogP contribution in [0.5, 0.6) is 5.75 Å². The average Bonchev–Trinajstić information content (AvgIpc) is 3.12. The Balaban J connectivity index is 1.45. The van der Waals surface area contributed by atoms with Crippen molar-refractivity contribution < 1.29 is 23.8 Å². The van der Waals surface area contributed by atoms with E-state index in [0.717, 1.165) is 31.4 Å². The minimum atomic E-state index is -0.292. The van der Waals surface area contributed by atoms with Crippen LogP contribution in [0.1, 0.15) is 49.9 Å². The van der Waals surface area contributed by atoms with Crippen LogP contribution in [0.3, 0.4) is 0 Å². The lowest BCUT2D eigenvalue weighted by Gasteiger charge is -2.16. The lowest BCUT2D eigenvalue weighted by Crippen LogP contribution is -2.19. The maximum atomic E-state index is 11.9. The van der Waals surface area contributed by atoms with Crippen LogP contribution in [-0.4, -0.2) is 31.3 Å². The standard InChI is InChI=1S/C20H26O5/c1-3-5-10-24-19(21)13-6-8-14(9-7-13)25-15-11-16-17(12-15)18(16)20(22)23-4-2/h6-9,15-18H,3-5,10-12H2,1-2H3. The van der Waals surface area contributed by atoms with Gasteiger partial charge in [-0.1, -0.05) is 13.3 Å². The van der Waals surface area contributed by atoms with Crippen molar-refractivity contribution in [2.45, 2.75) is 45.6 Å². The number of esters is 2. The van der Waals surface area contributed by atoms with E-state index in [-0.39, 0.29) is 24.0 Å². The number of carbonyl (C=O) groups is 2. The molecule has 2 aliphatic carbocycles. The summed E-state index contributed by atoms with van der Waals surface area (Å²) in [6.07, 6.45) is 3.82. The van der Waals surface area contributed by atoms with Crippen molar-refractivity contribution in [3.63, 3.8) is 0 Å². The number of fused-ring (bicyclic) bond motifs is 1. The molecule has 0 spiro atoms. The summed E-state index contributed by atoms with van der Waals surface area (Å²) in [6, 6.07) is 7.09. The van der Waals surface area contributed by atoms with Crippen LogP contribution in [0.4, 0.5) is 0 Å². The van der Waals surface area contributed by atoms with Gasteiger partial charge in [-0.05, 0) is 62.3 Å². The predicted molar refractivity (Wildman–Crippen MR) is 92.4 cm³/mol. The third kappa shape index (κ3) is 4.14. The minimum absolute atomic E-state index is 0.0538. The molecule has 25 heavy (non-hydrogen) atoms. The second kappa shape index (κ2) is 7.89. The molecule has 2 saturated carbocycles. The van der Waals surface area contributed by atoms with Gasteiger partial charge < -0.3 is 14.2 Å². The van der Waals surface area contributed by atoms with Gasteiger partial charge in [0.15, 0.2) is 0 Å². The predicted octanol–water partition coefficient (Wildman–Crippen LogP) is 3.61. The van der Waals surface area contributed by atoms with Gasteiger partial charge in [0.05, 0.1) is 30.8 Å². The van der Waals surface area contributed by atoms with Crippen molar-refractivity contribution in [3.05, 3.63) is 29.8 Å². The number of ether oxygens (including phenoxy) is 3. The molecule has 1 aromatic carbocycles. The van der Waals surface area contributed by atoms with E-state index in [1.165, 1.54) is 0 Å². The van der Waals surface area contributed by atoms with Crippen molar-refractivity contribution in [3.8, 4) is 5.75 Å². The monoisotopic (exact) mass is 346 g/mol. The smallest absolute Gasteiger partial charge is 0.338 e. The molecule has 2 unspecified atom stereocenters. The van der Waals surface area contributed by atoms with Gasteiger partial charge in [0, 0.05) is 0 Å². The van der Waals surface area contributed by atoms with E-state index < -0.39 is 0 Å². The van der Waals surface area contributed by atoms with Crippen LogP contribution in [0.15, 0.2) is 24.3 Å². The van der Waals surface area contributed by atoms with E-state index in [1.54, 1.807) is 12.1 Å². The fourth-order valence-corrected chi connectivity index (χ4v) is 3.73. The first-order valence-corrected chi connectivity index (χ1v) is 9.24. The molecule has 2 atom stereocenters. The molecule has 0 aromatic heterocycles. The maximum Gasteiger partial charge on any atom is 0.338 e. The molecule has 5 nitrogen and oxygen atoms in total. The Morgan fingerprint density at radius 1 is 1.04 bits per heavy atom. The van der Waals surface area contributed by atoms with Crippen LogP contribution >= 0.6 is 0 Å². The highest BCUT2D eigenvalue weighted by Crippen LogP contribution is 2.58. The van der Waals surface area contributed by atoms with Gasteiger partial charge in [0.1, 0.15) is 5.75 Å². The summed E-state index contributed by atoms with van der Waals surface area (Å²) in [4.78, 5) is 23.6. The first kappa shape index (κ1) is 17.8. The second-order valence-electron chi connectivity index (χ2n) is 6.83. The van der Waals surface area contributed by atoms with Gasteiger partial charge in [-0.2, -0.15) is 0 Å². The number of benzene rings is 1. The molecule has 2 fully saturated rings. The molecule has 0 heterocycles. The Labute approximate surface area is 148 Å². The maximum absolute atomic E-state index is 11.9. The molecule has 5 heteroatoms. The largest absolute Gasteiger partial charge is 0.490 e. The van der Waals surface area contributed by atoms with Crippen molar-refractivity contribution in [1.82, 2.24) is 0 Å². The zero-order valence-electron chi connectivity index (χ0n) is 14.9. The highest BCUT2D eigenvalue weighted by Gasteiger charge is 2.61. The lowest BCUT2D eigenvalue weighted by molar-refractivity contribution is -0.145. The van der Waals surface area contributed by atoms with E-state index in [1.807, 2.05) is 19.1 Å². The molecule has 0 saturated heterocycles. The van der Waals surface area contributed by atoms with E-state index in [4.69, 9.17) is 14.2 Å². The van der Waals surface area contributed by atoms with Gasteiger partial charge in [0.25, 0.3) is 0 Å². The van der Waals surface area contributed by atoms with Crippen LogP contribution in [0, 0.1) is 17.8 Å². The van der Waals surface area contributed by atoms with E-state index in [9.17, 15) is 9.59 Å². The molecule has 3 rings (SSSR count). The number of hydrogen-bond acceptors (Lipinski definition) is 5. The summed E-state index contributed by atoms with van der Waals surface area (Å²) in [6.45, 7) is 4.80. The molecular formula is C20H26O5. The molecule has 136 valence electrons. The molecule has 0 aliphatic heterocycles. The summed E-state index contributed by atoms with van der Waals surface area (Å²) in [5.74, 6) is 1.32. The fourth-order valence-electron chi connectivity index (χ4n) is 3.73. The van der Waals surface area contributed by atoms with E-state index in [2.05, 4.69) is 6.92 Å². The third-order valence-corrected chi connectivity index (χ3v) is 5.08. The zero-order valence-corrected chi connectivity index (χ0v) is 14.9. The van der Waals surface area contributed by atoms with Crippen molar-refractivity contribution in [1.29, 1.82) is 0 Å². The van der Waals surface area contributed by atoms with Crippen LogP contribution in [0.25, 0.3) is 0 Å². The highest BCUT2D eigenvalue weighted by atomic mass is 16.5. The van der Waals surface area contributed by atoms with Crippen LogP contribution < -0.4 is 4.74 Å². The van der Waals surface area contributed by atoms with Gasteiger partial charge in [-0.25, -0.2) is 4.79 Å². The fraction of sp³-hybridized carbons (Fsp3) is 0.600. The lowest BCUT2D eigenvalue weighted by atomic mass is 10.1. The van der Waals surface area contributed by atoms with E-state index in [0.29, 0.717) is 30.6 Å². The molecule has 0 bridgehead atoms. The number of unbranched alkanes of at least 4 members (excludes halogenated alkanes) is 1. The molecule has 0 amide bonds. The topological polar surface area (TPSA) is 61.8 Å². The minimum Gasteiger partial charge on any atom is -0.490 e. The first-order chi connectivity index (χ1) is 12.1. The normalized spacial score (nSPS) is 26.6. The molecule has 1 aromatic rings. The second-order valence-corrected chi connectivity index (χ2v) is 6.83.